The van der Waals surface area contributed by atoms with E-state index >= 15 is 0 Å². The zero-order valence-corrected chi connectivity index (χ0v) is 47.2. The maximum absolute atomic E-state index is 11.0. The molecule has 0 aliphatic rings. The molecule has 0 spiro atoms. The Bertz CT molecular complexity index is 2460. The van der Waals surface area contributed by atoms with Gasteiger partial charge in [-0.25, -0.2) is 19.6 Å². The summed E-state index contributed by atoms with van der Waals surface area (Å²) in [5, 5.41) is 24.7. The molecule has 0 N–H and O–H groups in total. The molecule has 4 heterocycles. The number of aryl methyl sites for hydroxylation is 2. The molecule has 16 heteroatoms. The number of benzene rings is 3. The molecule has 0 atom stereocenters. The van der Waals surface area contributed by atoms with Crippen molar-refractivity contribution in [3.05, 3.63) is 174 Å². The molecule has 0 radical (unpaired) electrons. The van der Waals surface area contributed by atoms with E-state index in [-0.39, 0.29) is 75.7 Å². The van der Waals surface area contributed by atoms with Crippen LogP contribution < -0.4 is 89.5 Å². The van der Waals surface area contributed by atoms with Crippen LogP contribution in [0.1, 0.15) is 58.9 Å². The van der Waals surface area contributed by atoms with Crippen molar-refractivity contribution in [3.63, 3.8) is 0 Å². The molecule has 0 bridgehead atoms. The summed E-state index contributed by atoms with van der Waals surface area (Å²) < 4.78 is 29.5. The molecule has 3 aromatic carbocycles. The van der Waals surface area contributed by atoms with Crippen molar-refractivity contribution in [1.29, 1.82) is 0 Å². The minimum atomic E-state index is -1.82. The molecular weight excluding hydrogens is 989 g/mol. The number of methoxy groups -OCH3 is 3. The minimum Gasteiger partial charge on any atom is -1.00 e. The summed E-state index contributed by atoms with van der Waals surface area (Å²) in [6, 6.07) is 36.8. The molecule has 0 unspecified atom stereocenters. The van der Waals surface area contributed by atoms with Gasteiger partial charge in [0, 0.05) is 38.0 Å². The molecule has 8 nitrogen and oxygen atoms in total. The van der Waals surface area contributed by atoms with Crippen LogP contribution in [0.2, 0.25) is 0 Å². The van der Waals surface area contributed by atoms with Crippen LogP contribution in [-0.2, 0) is 25.2 Å². The average molecular weight is 1050 g/mol. The number of hydrogen-bond acceptors (Lipinski definition) is 12. The van der Waals surface area contributed by atoms with Gasteiger partial charge in [-0.2, -0.15) is 0 Å². The molecule has 0 saturated heterocycles. The zero-order chi connectivity index (χ0) is 48.4. The summed E-state index contributed by atoms with van der Waals surface area (Å²) >= 11 is 6.46. The van der Waals surface area contributed by atoms with Gasteiger partial charge >= 0.3 is 63.3 Å². The normalized spacial score (nSPS) is 10.9. The Labute approximate surface area is 462 Å². The van der Waals surface area contributed by atoms with Gasteiger partial charge < -0.3 is 31.7 Å². The van der Waals surface area contributed by atoms with Crippen molar-refractivity contribution in [2.45, 2.75) is 46.4 Å². The third-order valence-corrected chi connectivity index (χ3v) is 16.1. The number of alkyl halides is 1. The number of hydrogen-bond donors (Lipinski definition) is 0. The number of thiazole rings is 2. The van der Waals surface area contributed by atoms with Gasteiger partial charge in [0.2, 0.25) is 0 Å². The number of ether oxygens (including phenoxy) is 3. The van der Waals surface area contributed by atoms with E-state index in [4.69, 9.17) is 11.1 Å². The van der Waals surface area contributed by atoms with Crippen LogP contribution in [0.15, 0.2) is 137 Å². The molecule has 350 valence electrons. The van der Waals surface area contributed by atoms with E-state index in [0.29, 0.717) is 0 Å². The smallest absolute Gasteiger partial charge is 1.00 e. The van der Waals surface area contributed by atoms with E-state index in [9.17, 15) is 19.1 Å². The Morgan fingerprint density at radius 3 is 1.51 bits per heavy atom. The quantitative estimate of drug-likeness (QED) is 0.0685. The van der Waals surface area contributed by atoms with Crippen LogP contribution >= 0.6 is 52.6 Å². The van der Waals surface area contributed by atoms with Crippen molar-refractivity contribution in [1.82, 2.24) is 9.97 Å². The van der Waals surface area contributed by atoms with Gasteiger partial charge in [-0.1, -0.05) is 81.4 Å². The first-order valence-corrected chi connectivity index (χ1v) is 25.5. The van der Waals surface area contributed by atoms with E-state index in [1.807, 2.05) is 47.3 Å². The van der Waals surface area contributed by atoms with Gasteiger partial charge in [0.15, 0.2) is 0 Å². The summed E-state index contributed by atoms with van der Waals surface area (Å²) in [6.07, 6.45) is 11.2. The monoisotopic (exact) mass is 1050 g/mol. The third-order valence-electron chi connectivity index (χ3n) is 8.38. The van der Waals surface area contributed by atoms with Crippen LogP contribution in [0.25, 0.3) is 24.3 Å². The number of carbonyl (C=O) groups is 2. The molecule has 7 aromatic rings. The second kappa shape index (κ2) is 33.1. The second-order valence-electron chi connectivity index (χ2n) is 14.5. The molecule has 0 amide bonds. The van der Waals surface area contributed by atoms with Gasteiger partial charge in [-0.3, -0.25) is 4.39 Å². The first kappa shape index (κ1) is 59.6. The van der Waals surface area contributed by atoms with E-state index in [0.717, 1.165) is 42.9 Å². The van der Waals surface area contributed by atoms with Gasteiger partial charge in [-0.15, -0.1) is 50.9 Å². The number of esters is 2. The number of thiophene rings is 2. The van der Waals surface area contributed by atoms with E-state index < -0.39 is 20.0 Å². The Balaban J connectivity index is 0.000000486. The number of aromatic nitrogens is 2. The molecule has 0 aliphatic carbocycles. The van der Waals surface area contributed by atoms with Gasteiger partial charge in [0.1, 0.15) is 35.1 Å². The summed E-state index contributed by atoms with van der Waals surface area (Å²) in [7, 11) is 1.50. The SMILES string of the molecule is CC(C)(C)[O-].COC(=O)/C=C/c1cc(C=Cc2csc(C)n2)cs1.COC(=O)/C=C/c1cc(OC)cs1.Cc1nc(C[P+](c2ccccc2)(c2ccccc2)c2ccccc2)cs1.[2H]CF.[Cl-].[K+]. The first-order chi connectivity index (χ1) is 31.6. The molecule has 0 aliphatic heterocycles. The van der Waals surface area contributed by atoms with Crippen molar-refractivity contribution in [2.24, 2.45) is 0 Å². The fraction of sp³-hybridized carbons (Fsp3) is 0.216. The summed E-state index contributed by atoms with van der Waals surface area (Å²) in [4.78, 5) is 32.9. The summed E-state index contributed by atoms with van der Waals surface area (Å²) in [5.41, 5.74) is 2.51. The Morgan fingerprint density at radius 1 is 0.687 bits per heavy atom. The maximum atomic E-state index is 11.0. The fourth-order valence-electron chi connectivity index (χ4n) is 5.64. The van der Waals surface area contributed by atoms with Crippen molar-refractivity contribution >= 4 is 105 Å². The standard InChI is InChI=1S/C23H21NPS.C14H13NO2S2.C9H10O3S.C4H9O.CH3F.ClH.K/c1-19-24-20(18-26-19)17-25(21-11-5-2-6-12-21,22-13-7-3-8-14-22)23-15-9-4-10-16-23;1-10-15-12(9-18-10)4-3-11-7-13(19-8-11)5-6-14(16)17-2;1-11-7-5-8(13-6-7)3-4-9(10)12-2;1-4(2,3)5;1-2;;/h2-16,18H,17H2,1H3;3-9H,1-2H3;3-6H,1-2H3;1-3H3;1H3;1H;/q+1;;;-1;;;+1/p-1/b;4-3?,6-5+;4-3+;;;;/i;;;;1D;;. The Kier molecular flexibility index (Phi) is 29.5. The fourth-order valence-corrected chi connectivity index (χ4v) is 12.6. The van der Waals surface area contributed by atoms with Crippen molar-refractivity contribution < 1.29 is 98.5 Å². The number of carbonyl (C=O) groups excluding carboxylic acids is 2. The molecule has 7 rings (SSSR count). The van der Waals surface area contributed by atoms with Crippen LogP contribution in [-0.4, -0.2) is 56.0 Å². The van der Waals surface area contributed by atoms with Crippen LogP contribution in [0.5, 0.6) is 5.75 Å². The molecule has 0 saturated carbocycles. The minimum absolute atomic E-state index is 0. The number of halogens is 2. The Morgan fingerprint density at radius 2 is 1.12 bits per heavy atom. The number of nitrogens with zero attached hydrogens (tertiary/aromatic N) is 2. The number of rotatable bonds is 12. The van der Waals surface area contributed by atoms with Gasteiger partial charge in [-0.05, 0) is 91.5 Å². The van der Waals surface area contributed by atoms with Gasteiger partial charge in [0.25, 0.3) is 0 Å². The predicted molar refractivity (Wildman–Crippen MR) is 276 cm³/mol. The molecular formula is C51H56ClFKN2O6PS4. The van der Waals surface area contributed by atoms with Crippen molar-refractivity contribution in [2.75, 3.05) is 28.5 Å². The van der Waals surface area contributed by atoms with Crippen LogP contribution in [0.3, 0.4) is 0 Å². The summed E-state index contributed by atoms with van der Waals surface area (Å²) in [6.45, 7) is 8.97. The van der Waals surface area contributed by atoms with Gasteiger partial charge in [0.05, 0.1) is 51.3 Å². The van der Waals surface area contributed by atoms with E-state index in [1.165, 1.54) is 59.3 Å². The van der Waals surface area contributed by atoms with Crippen LogP contribution in [0.4, 0.5) is 4.39 Å². The van der Waals surface area contributed by atoms with Crippen LogP contribution in [0, 0.1) is 13.8 Å². The first-order valence-electron chi connectivity index (χ1n) is 20.7. The van der Waals surface area contributed by atoms with E-state index in [2.05, 4.69) is 118 Å². The average Bonchev–Trinajstić information content (AvgIpc) is 4.16. The van der Waals surface area contributed by atoms with E-state index in [1.54, 1.807) is 74.0 Å². The largest absolute Gasteiger partial charge is 1.00 e. The molecule has 4 aromatic heterocycles. The predicted octanol–water partition coefficient (Wildman–Crippen LogP) is 5.50. The summed E-state index contributed by atoms with van der Waals surface area (Å²) in [5.74, 6) is 0.102. The maximum Gasteiger partial charge on any atom is 1.00 e. The topological polar surface area (TPSA) is 111 Å². The zero-order valence-electron chi connectivity index (χ0n) is 40.2. The molecule has 67 heavy (non-hydrogen) atoms. The van der Waals surface area contributed by atoms with Crippen molar-refractivity contribution in [3.8, 4) is 5.75 Å². The second-order valence-corrected chi connectivity index (χ2v) is 21.9. The molecule has 0 fully saturated rings. The third kappa shape index (κ3) is 22.7. The Hall–Kier alpha value is -3.47.